The van der Waals surface area contributed by atoms with Crippen LogP contribution in [0.25, 0.3) is 0 Å². The number of nitrogens with zero attached hydrogens (tertiary/aromatic N) is 4. The number of rotatable bonds is 3. The normalized spacial score (nSPS) is 24.0. The highest BCUT2D eigenvalue weighted by Crippen LogP contribution is 2.36. The van der Waals surface area contributed by atoms with Gasteiger partial charge in [-0.1, -0.05) is 26.0 Å². The van der Waals surface area contributed by atoms with E-state index in [-0.39, 0.29) is 18.1 Å². The van der Waals surface area contributed by atoms with E-state index in [4.69, 9.17) is 4.74 Å². The van der Waals surface area contributed by atoms with Crippen LogP contribution in [0.2, 0.25) is 0 Å². The quantitative estimate of drug-likeness (QED) is 0.821. The van der Waals surface area contributed by atoms with E-state index in [1.807, 2.05) is 27.0 Å². The van der Waals surface area contributed by atoms with Crippen LogP contribution >= 0.6 is 0 Å². The van der Waals surface area contributed by atoms with Gasteiger partial charge in [0.1, 0.15) is 12.3 Å². The molecule has 3 heterocycles. The van der Waals surface area contributed by atoms with Gasteiger partial charge in [-0.2, -0.15) is 0 Å². The fourth-order valence-electron chi connectivity index (χ4n) is 2.91. The fourth-order valence-corrected chi connectivity index (χ4v) is 2.91. The highest BCUT2D eigenvalue weighted by Gasteiger charge is 2.38. The van der Waals surface area contributed by atoms with Crippen LogP contribution in [-0.2, 0) is 10.2 Å². The van der Waals surface area contributed by atoms with Crippen LogP contribution in [-0.4, -0.2) is 42.4 Å². The van der Waals surface area contributed by atoms with E-state index in [9.17, 15) is 14.7 Å². The number of aromatic nitrogens is 5. The number of hydrogen-bond donors (Lipinski definition) is 2. The first-order valence-corrected chi connectivity index (χ1v) is 8.21. The van der Waals surface area contributed by atoms with Crippen LogP contribution in [0.15, 0.2) is 22.0 Å². The summed E-state index contributed by atoms with van der Waals surface area (Å²) in [5.41, 5.74) is 0.166. The monoisotopic (exact) mass is 349 g/mol. The maximum atomic E-state index is 12.1. The highest BCUT2D eigenvalue weighted by molar-refractivity contribution is 5.08. The van der Waals surface area contributed by atoms with Gasteiger partial charge in [0.2, 0.25) is 0 Å². The summed E-state index contributed by atoms with van der Waals surface area (Å²) < 4.78 is 8.87. The van der Waals surface area contributed by atoms with Crippen molar-refractivity contribution in [1.82, 2.24) is 24.5 Å². The molecule has 0 amide bonds. The Morgan fingerprint density at radius 3 is 2.68 bits per heavy atom. The van der Waals surface area contributed by atoms with E-state index in [0.717, 1.165) is 5.69 Å². The Balaban J connectivity index is 1.91. The van der Waals surface area contributed by atoms with E-state index in [2.05, 4.69) is 15.3 Å². The van der Waals surface area contributed by atoms with Gasteiger partial charge in [-0.25, -0.2) is 9.48 Å². The molecule has 2 N–H and O–H groups in total. The van der Waals surface area contributed by atoms with Crippen molar-refractivity contribution in [3.8, 4) is 0 Å². The number of H-pyrrole nitrogens is 1. The Morgan fingerprint density at radius 1 is 1.36 bits per heavy atom. The minimum Gasteiger partial charge on any atom is -0.394 e. The Hall–Kier alpha value is -2.26. The molecule has 0 aliphatic carbocycles. The number of hydrogen-bond acceptors (Lipinski definition) is 6. The number of aryl methyl sites for hydroxylation is 1. The summed E-state index contributed by atoms with van der Waals surface area (Å²) in [6, 6.07) is -0.252. The molecule has 0 spiro atoms. The van der Waals surface area contributed by atoms with Gasteiger partial charge in [-0.15, -0.1) is 5.10 Å². The zero-order valence-electron chi connectivity index (χ0n) is 14.8. The standard InChI is InChI=1S/C16H23N5O4/c1-9-6-20(15(24)17-14(9)23)13-5-10(11(8-22)25-13)21-7-12(18-19-21)16(2,3)4/h6-7,10-11,13,22H,5,8H2,1-4H3,(H,17,23,24)/t10-,11+,13?/m0/s1. The smallest absolute Gasteiger partial charge is 0.330 e. The molecular weight excluding hydrogens is 326 g/mol. The van der Waals surface area contributed by atoms with Crippen molar-refractivity contribution in [2.24, 2.45) is 0 Å². The van der Waals surface area contributed by atoms with Gasteiger partial charge in [0, 0.05) is 29.8 Å². The first-order chi connectivity index (χ1) is 11.7. The maximum absolute atomic E-state index is 12.1. The lowest BCUT2D eigenvalue weighted by molar-refractivity contribution is -0.0323. The summed E-state index contributed by atoms with van der Waals surface area (Å²) in [4.78, 5) is 25.9. The molecule has 0 saturated carbocycles. The van der Waals surface area contributed by atoms with Crippen molar-refractivity contribution in [2.75, 3.05) is 6.61 Å². The van der Waals surface area contributed by atoms with Crippen molar-refractivity contribution >= 4 is 0 Å². The fraction of sp³-hybridized carbons (Fsp3) is 0.625. The molecule has 9 nitrogen and oxygen atoms in total. The molecule has 1 aliphatic rings. The second kappa shape index (κ2) is 6.23. The third-order valence-corrected chi connectivity index (χ3v) is 4.46. The number of aromatic amines is 1. The minimum atomic E-state index is -0.590. The summed E-state index contributed by atoms with van der Waals surface area (Å²) >= 11 is 0. The lowest BCUT2D eigenvalue weighted by Gasteiger charge is -2.16. The van der Waals surface area contributed by atoms with Crippen LogP contribution in [0.4, 0.5) is 0 Å². The lowest BCUT2D eigenvalue weighted by Crippen LogP contribution is -2.33. The molecule has 0 radical (unpaired) electrons. The molecular formula is C16H23N5O4. The zero-order valence-corrected chi connectivity index (χ0v) is 14.8. The largest absolute Gasteiger partial charge is 0.394 e. The average molecular weight is 349 g/mol. The van der Waals surface area contributed by atoms with E-state index in [0.29, 0.717) is 12.0 Å². The molecule has 0 bridgehead atoms. The van der Waals surface area contributed by atoms with Crippen LogP contribution in [0, 0.1) is 6.92 Å². The molecule has 136 valence electrons. The summed E-state index contributed by atoms with van der Waals surface area (Å²) in [6.45, 7) is 7.55. The lowest BCUT2D eigenvalue weighted by atomic mass is 9.93. The molecule has 2 aromatic rings. The molecule has 0 aromatic carbocycles. The topological polar surface area (TPSA) is 115 Å². The van der Waals surface area contributed by atoms with Crippen molar-refractivity contribution in [3.05, 3.63) is 44.5 Å². The number of nitrogens with one attached hydrogen (secondary N) is 1. The third-order valence-electron chi connectivity index (χ3n) is 4.46. The molecule has 2 aromatic heterocycles. The molecule has 1 unspecified atom stereocenters. The molecule has 3 rings (SSSR count). The summed E-state index contributed by atoms with van der Waals surface area (Å²) in [6.07, 6.45) is 2.65. The molecule has 1 aliphatic heterocycles. The predicted octanol–water partition coefficient (Wildman–Crippen LogP) is 0.255. The van der Waals surface area contributed by atoms with Crippen molar-refractivity contribution in [1.29, 1.82) is 0 Å². The number of aliphatic hydroxyl groups is 1. The molecule has 9 heteroatoms. The van der Waals surface area contributed by atoms with E-state index >= 15 is 0 Å². The summed E-state index contributed by atoms with van der Waals surface area (Å²) in [7, 11) is 0. The molecule has 1 fully saturated rings. The van der Waals surface area contributed by atoms with Gasteiger partial charge in [0.15, 0.2) is 0 Å². The Labute approximate surface area is 144 Å². The van der Waals surface area contributed by atoms with E-state index in [1.54, 1.807) is 11.6 Å². The zero-order chi connectivity index (χ0) is 18.4. The van der Waals surface area contributed by atoms with Gasteiger partial charge < -0.3 is 9.84 Å². The molecule has 1 saturated heterocycles. The average Bonchev–Trinajstić information content (AvgIpc) is 3.16. The van der Waals surface area contributed by atoms with E-state index in [1.165, 1.54) is 10.8 Å². The molecule has 25 heavy (non-hydrogen) atoms. The van der Waals surface area contributed by atoms with Crippen LogP contribution in [0.3, 0.4) is 0 Å². The number of ether oxygens (including phenoxy) is 1. The van der Waals surface area contributed by atoms with Crippen LogP contribution in [0.5, 0.6) is 0 Å². The third kappa shape index (κ3) is 3.29. The van der Waals surface area contributed by atoms with Crippen molar-refractivity contribution < 1.29 is 9.84 Å². The Morgan fingerprint density at radius 2 is 2.08 bits per heavy atom. The Kier molecular flexibility index (Phi) is 4.38. The van der Waals surface area contributed by atoms with Crippen molar-refractivity contribution in [3.63, 3.8) is 0 Å². The number of aliphatic hydroxyl groups excluding tert-OH is 1. The van der Waals surface area contributed by atoms with Gasteiger partial charge in [0.25, 0.3) is 5.56 Å². The summed E-state index contributed by atoms with van der Waals surface area (Å²) in [5.74, 6) is 0. The van der Waals surface area contributed by atoms with Gasteiger partial charge in [0.05, 0.1) is 18.3 Å². The maximum Gasteiger partial charge on any atom is 0.330 e. The van der Waals surface area contributed by atoms with Gasteiger partial charge in [-0.3, -0.25) is 14.3 Å². The SMILES string of the molecule is Cc1cn(C2C[C@H](n3cc(C(C)(C)C)nn3)[C@@H](CO)O2)c(=O)[nH]c1=O. The van der Waals surface area contributed by atoms with Gasteiger partial charge >= 0.3 is 5.69 Å². The van der Waals surface area contributed by atoms with Crippen molar-refractivity contribution in [2.45, 2.75) is 57.9 Å². The predicted molar refractivity (Wildman–Crippen MR) is 89.4 cm³/mol. The minimum absolute atomic E-state index is 0.140. The first-order valence-electron chi connectivity index (χ1n) is 8.21. The molecule has 3 atom stereocenters. The van der Waals surface area contributed by atoms with Crippen LogP contribution in [0.1, 0.15) is 50.7 Å². The summed E-state index contributed by atoms with van der Waals surface area (Å²) in [5, 5.41) is 18.0. The second-order valence-corrected chi connectivity index (χ2v) is 7.43. The van der Waals surface area contributed by atoms with Crippen LogP contribution < -0.4 is 11.2 Å². The second-order valence-electron chi connectivity index (χ2n) is 7.43. The first kappa shape index (κ1) is 17.6. The highest BCUT2D eigenvalue weighted by atomic mass is 16.5. The Bertz CT molecular complexity index is 876. The van der Waals surface area contributed by atoms with Gasteiger partial charge in [-0.05, 0) is 6.92 Å². The van der Waals surface area contributed by atoms with E-state index < -0.39 is 23.6 Å².